The van der Waals surface area contributed by atoms with Gasteiger partial charge in [-0.15, -0.1) is 0 Å². The molecule has 0 bridgehead atoms. The van der Waals surface area contributed by atoms with Gasteiger partial charge in [0, 0.05) is 36.2 Å². The van der Waals surface area contributed by atoms with Crippen molar-refractivity contribution in [1.29, 1.82) is 0 Å². The maximum atomic E-state index is 12.6. The van der Waals surface area contributed by atoms with Crippen molar-refractivity contribution in [1.82, 2.24) is 19.9 Å². The highest BCUT2D eigenvalue weighted by molar-refractivity contribution is 6.03. The van der Waals surface area contributed by atoms with Crippen molar-refractivity contribution in [3.8, 4) is 0 Å². The third-order valence-electron chi connectivity index (χ3n) is 5.23. The molecule has 33 heavy (non-hydrogen) atoms. The van der Waals surface area contributed by atoms with E-state index in [1.165, 1.54) is 6.20 Å². The zero-order valence-corrected chi connectivity index (χ0v) is 18.2. The fourth-order valence-corrected chi connectivity index (χ4v) is 3.57. The molecule has 0 unspecified atom stereocenters. The van der Waals surface area contributed by atoms with Gasteiger partial charge in [-0.3, -0.25) is 9.78 Å². The molecule has 2 N–H and O–H groups in total. The second-order valence-electron chi connectivity index (χ2n) is 7.69. The Labute approximate surface area is 190 Å². The number of fused-ring (bicyclic) bond motifs is 1. The number of amides is 1. The molecule has 0 spiro atoms. The number of hydrogen-bond acceptors (Lipinski definition) is 8. The van der Waals surface area contributed by atoms with Gasteiger partial charge in [0.15, 0.2) is 0 Å². The number of nitrogens with zero attached hydrogens (tertiary/aromatic N) is 5. The molecule has 5 rings (SSSR count). The molecular formula is C24H23N7O2. The van der Waals surface area contributed by atoms with Gasteiger partial charge < -0.3 is 20.3 Å². The summed E-state index contributed by atoms with van der Waals surface area (Å²) in [5, 5.41) is 6.17. The largest absolute Gasteiger partial charge is 0.378 e. The number of aryl methyl sites for hydroxylation is 1. The van der Waals surface area contributed by atoms with Crippen molar-refractivity contribution in [3.05, 3.63) is 72.2 Å². The quantitative estimate of drug-likeness (QED) is 0.484. The van der Waals surface area contributed by atoms with Gasteiger partial charge in [-0.1, -0.05) is 12.1 Å². The third-order valence-corrected chi connectivity index (χ3v) is 5.23. The molecule has 3 heterocycles. The number of carbonyl (C=O) groups excluding carboxylic acids is 1. The number of rotatable bonds is 5. The lowest BCUT2D eigenvalue weighted by atomic mass is 10.2. The molecule has 0 aliphatic carbocycles. The number of para-hydroxylation sites is 2. The zero-order valence-electron chi connectivity index (χ0n) is 18.2. The highest BCUT2D eigenvalue weighted by Crippen LogP contribution is 2.21. The fraction of sp³-hybridized carbons (Fsp3) is 0.208. The average molecular weight is 441 g/mol. The van der Waals surface area contributed by atoms with Gasteiger partial charge in [0.2, 0.25) is 5.95 Å². The van der Waals surface area contributed by atoms with E-state index in [-0.39, 0.29) is 11.6 Å². The first-order valence-electron chi connectivity index (χ1n) is 10.7. The summed E-state index contributed by atoms with van der Waals surface area (Å²) in [6.07, 6.45) is 1.48. The number of nitrogens with one attached hydrogen (secondary N) is 2. The minimum absolute atomic E-state index is 0.267. The van der Waals surface area contributed by atoms with E-state index in [4.69, 9.17) is 4.74 Å². The standard InChI is InChI=1S/C24H23N7O2/c1-16-14-22(30-24(26-16)31-10-12-33-13-11-31)27-17-6-8-18(9-7-17)28-23(32)21-15-25-19-4-2-3-5-20(19)29-21/h2-9,14-15H,10-13H2,1H3,(H,28,32)(H,26,27,30). The van der Waals surface area contributed by atoms with E-state index in [1.54, 1.807) is 0 Å². The normalized spacial score (nSPS) is 13.7. The Kier molecular flexibility index (Phi) is 5.77. The van der Waals surface area contributed by atoms with Gasteiger partial charge in [-0.2, -0.15) is 4.98 Å². The number of morpholine rings is 1. The van der Waals surface area contributed by atoms with Crippen molar-refractivity contribution in [2.45, 2.75) is 6.92 Å². The van der Waals surface area contributed by atoms with Crippen molar-refractivity contribution >= 4 is 40.1 Å². The highest BCUT2D eigenvalue weighted by Gasteiger charge is 2.15. The first-order valence-corrected chi connectivity index (χ1v) is 10.7. The van der Waals surface area contributed by atoms with Crippen molar-refractivity contribution in [3.63, 3.8) is 0 Å². The van der Waals surface area contributed by atoms with Gasteiger partial charge in [-0.25, -0.2) is 9.97 Å². The van der Waals surface area contributed by atoms with Gasteiger partial charge in [0.25, 0.3) is 5.91 Å². The van der Waals surface area contributed by atoms with Crippen molar-refractivity contribution < 1.29 is 9.53 Å². The molecular weight excluding hydrogens is 418 g/mol. The van der Waals surface area contributed by atoms with E-state index in [1.807, 2.05) is 61.5 Å². The first-order chi connectivity index (χ1) is 16.1. The van der Waals surface area contributed by atoms with Crippen LogP contribution in [0.3, 0.4) is 0 Å². The number of ether oxygens (including phenoxy) is 1. The van der Waals surface area contributed by atoms with Crippen LogP contribution >= 0.6 is 0 Å². The Bertz CT molecular complexity index is 1290. The molecule has 2 aromatic heterocycles. The highest BCUT2D eigenvalue weighted by atomic mass is 16.5. The molecule has 1 aliphatic rings. The van der Waals surface area contributed by atoms with Crippen LogP contribution in [0.25, 0.3) is 11.0 Å². The summed E-state index contributed by atoms with van der Waals surface area (Å²) in [6, 6.07) is 16.8. The third kappa shape index (κ3) is 4.88. The molecule has 0 atom stereocenters. The smallest absolute Gasteiger partial charge is 0.275 e. The SMILES string of the molecule is Cc1cc(Nc2ccc(NC(=O)c3cnc4ccccc4n3)cc2)nc(N2CCOCC2)n1. The second kappa shape index (κ2) is 9.17. The first kappa shape index (κ1) is 20.8. The summed E-state index contributed by atoms with van der Waals surface area (Å²) >= 11 is 0. The van der Waals surface area contributed by atoms with Crippen LogP contribution < -0.4 is 15.5 Å². The number of hydrogen-bond donors (Lipinski definition) is 2. The van der Waals surface area contributed by atoms with E-state index >= 15 is 0 Å². The Hall–Kier alpha value is -4.11. The molecule has 4 aromatic rings. The number of carbonyl (C=O) groups is 1. The second-order valence-corrected chi connectivity index (χ2v) is 7.69. The lowest BCUT2D eigenvalue weighted by Crippen LogP contribution is -2.37. The lowest BCUT2D eigenvalue weighted by molar-refractivity contribution is 0.102. The van der Waals surface area contributed by atoms with Crippen LogP contribution in [0.15, 0.2) is 60.8 Å². The Morgan fingerprint density at radius 2 is 1.67 bits per heavy atom. The van der Waals surface area contributed by atoms with E-state index in [0.29, 0.717) is 36.2 Å². The minimum atomic E-state index is -0.310. The Morgan fingerprint density at radius 3 is 2.45 bits per heavy atom. The topological polar surface area (TPSA) is 105 Å². The van der Waals surface area contributed by atoms with E-state index in [0.717, 1.165) is 30.0 Å². The number of benzene rings is 2. The van der Waals surface area contributed by atoms with Gasteiger partial charge in [0.05, 0.1) is 30.4 Å². The minimum Gasteiger partial charge on any atom is -0.378 e. The summed E-state index contributed by atoms with van der Waals surface area (Å²) in [5.74, 6) is 1.10. The van der Waals surface area contributed by atoms with Crippen LogP contribution in [-0.2, 0) is 4.74 Å². The molecule has 9 heteroatoms. The zero-order chi connectivity index (χ0) is 22.6. The molecule has 166 valence electrons. The van der Waals surface area contributed by atoms with Crippen molar-refractivity contribution in [2.75, 3.05) is 41.8 Å². The molecule has 1 aliphatic heterocycles. The van der Waals surface area contributed by atoms with E-state index in [9.17, 15) is 4.79 Å². The Morgan fingerprint density at radius 1 is 0.939 bits per heavy atom. The molecule has 9 nitrogen and oxygen atoms in total. The maximum absolute atomic E-state index is 12.6. The molecule has 0 saturated carbocycles. The van der Waals surface area contributed by atoms with Crippen molar-refractivity contribution in [2.24, 2.45) is 0 Å². The summed E-state index contributed by atoms with van der Waals surface area (Å²) in [5.41, 5.74) is 4.10. The summed E-state index contributed by atoms with van der Waals surface area (Å²) < 4.78 is 5.41. The van der Waals surface area contributed by atoms with Crippen LogP contribution in [0, 0.1) is 6.92 Å². The van der Waals surface area contributed by atoms with E-state index in [2.05, 4.69) is 35.5 Å². The van der Waals surface area contributed by atoms with E-state index < -0.39 is 0 Å². The number of anilines is 4. The van der Waals surface area contributed by atoms with Crippen LogP contribution in [0.4, 0.5) is 23.1 Å². The number of aromatic nitrogens is 4. The summed E-state index contributed by atoms with van der Waals surface area (Å²) in [6.45, 7) is 4.86. The van der Waals surface area contributed by atoms with Crippen LogP contribution in [0.2, 0.25) is 0 Å². The lowest BCUT2D eigenvalue weighted by Gasteiger charge is -2.27. The van der Waals surface area contributed by atoms with Gasteiger partial charge >= 0.3 is 0 Å². The van der Waals surface area contributed by atoms with Crippen LogP contribution in [-0.4, -0.2) is 52.1 Å². The van der Waals surface area contributed by atoms with Crippen LogP contribution in [0.5, 0.6) is 0 Å². The predicted molar refractivity (Wildman–Crippen MR) is 127 cm³/mol. The fourth-order valence-electron chi connectivity index (χ4n) is 3.57. The van der Waals surface area contributed by atoms with Crippen LogP contribution in [0.1, 0.15) is 16.2 Å². The summed E-state index contributed by atoms with van der Waals surface area (Å²) in [7, 11) is 0. The molecule has 0 radical (unpaired) electrons. The molecule has 1 amide bonds. The molecule has 1 saturated heterocycles. The van der Waals surface area contributed by atoms with Gasteiger partial charge in [0.1, 0.15) is 11.5 Å². The monoisotopic (exact) mass is 441 g/mol. The van der Waals surface area contributed by atoms with Gasteiger partial charge in [-0.05, 0) is 43.3 Å². The predicted octanol–water partition coefficient (Wildman–Crippen LogP) is 3.56. The molecule has 1 fully saturated rings. The maximum Gasteiger partial charge on any atom is 0.275 e. The molecule has 2 aromatic carbocycles. The average Bonchev–Trinajstić information content (AvgIpc) is 2.85. The summed E-state index contributed by atoms with van der Waals surface area (Å²) in [4.78, 5) is 32.6. The Balaban J connectivity index is 1.26.